The number of likely N-dealkylation sites (N-methyl/N-ethyl adjacent to an activating group) is 1. The van der Waals surface area contributed by atoms with Crippen LogP contribution in [0, 0.1) is 5.92 Å². The number of aromatic nitrogens is 3. The molecule has 6 heteroatoms. The van der Waals surface area contributed by atoms with Gasteiger partial charge in [-0.1, -0.05) is 19.1 Å². The first kappa shape index (κ1) is 15.8. The summed E-state index contributed by atoms with van der Waals surface area (Å²) in [6.07, 6.45) is 0.913. The zero-order valence-corrected chi connectivity index (χ0v) is 14.1. The van der Waals surface area contributed by atoms with E-state index in [0.29, 0.717) is 24.4 Å². The lowest BCUT2D eigenvalue weighted by Crippen LogP contribution is -2.27. The topological polar surface area (TPSA) is 69.2 Å². The van der Waals surface area contributed by atoms with Gasteiger partial charge in [0.2, 0.25) is 5.95 Å². The molecular formula is C17H25N5O. The van der Waals surface area contributed by atoms with Crippen molar-refractivity contribution in [1.82, 2.24) is 19.7 Å². The maximum Gasteiger partial charge on any atom is 0.239 e. The molecule has 124 valence electrons. The molecule has 0 saturated carbocycles. The highest BCUT2D eigenvalue weighted by atomic mass is 16.5. The first-order valence-electron chi connectivity index (χ1n) is 8.09. The lowest BCUT2D eigenvalue weighted by Gasteiger charge is -2.29. The molecule has 0 bridgehead atoms. The van der Waals surface area contributed by atoms with Crippen molar-refractivity contribution in [1.29, 1.82) is 0 Å². The van der Waals surface area contributed by atoms with Gasteiger partial charge in [-0.25, -0.2) is 4.68 Å². The normalized spacial score (nSPS) is 20.5. The van der Waals surface area contributed by atoms with E-state index in [4.69, 9.17) is 10.5 Å². The Balaban J connectivity index is 1.67. The summed E-state index contributed by atoms with van der Waals surface area (Å²) in [7, 11) is 4.09. The maximum atomic E-state index is 5.76. The Hall–Kier alpha value is -2.08. The molecule has 0 radical (unpaired) electrons. The Morgan fingerprint density at radius 3 is 2.74 bits per heavy atom. The molecule has 2 N–H and O–H groups in total. The number of hydrogen-bond acceptors (Lipinski definition) is 5. The number of nitrogens with zero attached hydrogens (tertiary/aromatic N) is 4. The summed E-state index contributed by atoms with van der Waals surface area (Å²) in [4.78, 5) is 6.41. The third-order valence-corrected chi connectivity index (χ3v) is 4.44. The third-order valence-electron chi connectivity index (χ3n) is 4.44. The Bertz CT molecular complexity index is 650. The van der Waals surface area contributed by atoms with Crippen LogP contribution >= 0.6 is 0 Å². The van der Waals surface area contributed by atoms with Crippen molar-refractivity contribution in [2.24, 2.45) is 5.92 Å². The molecule has 2 heterocycles. The number of rotatable bonds is 5. The predicted molar refractivity (Wildman–Crippen MR) is 90.5 cm³/mol. The molecule has 6 nitrogen and oxygen atoms in total. The smallest absolute Gasteiger partial charge is 0.239 e. The van der Waals surface area contributed by atoms with E-state index in [1.54, 1.807) is 0 Å². The lowest BCUT2D eigenvalue weighted by molar-refractivity contribution is 0.261. The summed E-state index contributed by atoms with van der Waals surface area (Å²) >= 11 is 0. The molecular weight excluding hydrogens is 290 g/mol. The minimum Gasteiger partial charge on any atom is -0.492 e. The van der Waals surface area contributed by atoms with Gasteiger partial charge in [0, 0.05) is 18.9 Å². The summed E-state index contributed by atoms with van der Waals surface area (Å²) in [5.41, 5.74) is 7.03. The number of nitrogen functional groups attached to an aromatic ring is 1. The van der Waals surface area contributed by atoms with Crippen molar-refractivity contribution in [3.05, 3.63) is 35.7 Å². The average molecular weight is 315 g/mol. The van der Waals surface area contributed by atoms with E-state index in [-0.39, 0.29) is 0 Å². The summed E-state index contributed by atoms with van der Waals surface area (Å²) in [6, 6.07) is 8.45. The van der Waals surface area contributed by atoms with E-state index in [9.17, 15) is 0 Å². The minimum absolute atomic E-state index is 0.373. The fraction of sp³-hybridized carbons (Fsp3) is 0.529. The highest BCUT2D eigenvalue weighted by Gasteiger charge is 2.28. The summed E-state index contributed by atoms with van der Waals surface area (Å²) in [5.74, 6) is 3.24. The van der Waals surface area contributed by atoms with Crippen LogP contribution in [0.15, 0.2) is 24.3 Å². The van der Waals surface area contributed by atoms with Crippen molar-refractivity contribution >= 4 is 5.95 Å². The van der Waals surface area contributed by atoms with Crippen LogP contribution in [-0.2, 0) is 13.0 Å². The van der Waals surface area contributed by atoms with Gasteiger partial charge in [0.25, 0.3) is 0 Å². The fourth-order valence-electron chi connectivity index (χ4n) is 3.08. The molecule has 0 aliphatic carbocycles. The molecule has 0 fully saturated rings. The lowest BCUT2D eigenvalue weighted by atomic mass is 9.83. The summed E-state index contributed by atoms with van der Waals surface area (Å²) in [5, 5.41) is 4.29. The Kier molecular flexibility index (Phi) is 4.52. The number of nitrogens with two attached hydrogens (primary N) is 1. The highest BCUT2D eigenvalue weighted by Crippen LogP contribution is 2.33. The summed E-state index contributed by atoms with van der Waals surface area (Å²) < 4.78 is 7.71. The maximum absolute atomic E-state index is 5.76. The van der Waals surface area contributed by atoms with Gasteiger partial charge in [-0.15, -0.1) is 5.10 Å². The van der Waals surface area contributed by atoms with Gasteiger partial charge >= 0.3 is 0 Å². The van der Waals surface area contributed by atoms with Crippen LogP contribution in [0.2, 0.25) is 0 Å². The van der Waals surface area contributed by atoms with Gasteiger partial charge < -0.3 is 15.4 Å². The zero-order chi connectivity index (χ0) is 16.4. The molecule has 2 atom stereocenters. The molecule has 2 aromatic rings. The molecule has 0 amide bonds. The predicted octanol–water partition coefficient (Wildman–Crippen LogP) is 1.78. The fourth-order valence-corrected chi connectivity index (χ4v) is 3.08. The minimum atomic E-state index is 0.373. The number of fused-ring (bicyclic) bond motifs is 1. The van der Waals surface area contributed by atoms with Crippen LogP contribution in [-0.4, -0.2) is 46.9 Å². The second-order valence-electron chi connectivity index (χ2n) is 6.58. The van der Waals surface area contributed by atoms with Crippen LogP contribution in [0.5, 0.6) is 5.75 Å². The molecule has 1 aliphatic rings. The van der Waals surface area contributed by atoms with Gasteiger partial charge in [-0.2, -0.15) is 4.98 Å². The highest BCUT2D eigenvalue weighted by molar-refractivity contribution is 5.30. The molecule has 1 aromatic heterocycles. The van der Waals surface area contributed by atoms with Crippen molar-refractivity contribution < 1.29 is 4.74 Å². The van der Waals surface area contributed by atoms with Gasteiger partial charge in [0.1, 0.15) is 18.2 Å². The van der Waals surface area contributed by atoms with Gasteiger partial charge in [-0.3, -0.25) is 0 Å². The van der Waals surface area contributed by atoms with Crippen LogP contribution in [0.3, 0.4) is 0 Å². The van der Waals surface area contributed by atoms with Crippen LogP contribution in [0.4, 0.5) is 5.95 Å². The van der Waals surface area contributed by atoms with Gasteiger partial charge in [0.15, 0.2) is 0 Å². The Labute approximate surface area is 137 Å². The first-order chi connectivity index (χ1) is 11.0. The first-order valence-corrected chi connectivity index (χ1v) is 8.09. The van der Waals surface area contributed by atoms with Crippen molar-refractivity contribution in [2.45, 2.75) is 25.8 Å². The monoisotopic (exact) mass is 315 g/mol. The molecule has 1 aromatic carbocycles. The van der Waals surface area contributed by atoms with E-state index >= 15 is 0 Å². The van der Waals surface area contributed by atoms with E-state index in [1.165, 1.54) is 5.56 Å². The van der Waals surface area contributed by atoms with Crippen LogP contribution in [0.1, 0.15) is 24.2 Å². The SMILES string of the molecule is CC1Cc2nc(N)nn2CC1c1ccc(OCCN(C)C)cc1. The molecule has 1 aliphatic heterocycles. The van der Waals surface area contributed by atoms with Crippen molar-refractivity contribution in [2.75, 3.05) is 33.0 Å². The van der Waals surface area contributed by atoms with E-state index in [0.717, 1.165) is 31.1 Å². The molecule has 0 spiro atoms. The Morgan fingerprint density at radius 1 is 1.30 bits per heavy atom. The number of anilines is 1. The van der Waals surface area contributed by atoms with Crippen molar-refractivity contribution in [3.63, 3.8) is 0 Å². The second-order valence-corrected chi connectivity index (χ2v) is 6.58. The number of ether oxygens (including phenoxy) is 1. The number of benzene rings is 1. The van der Waals surface area contributed by atoms with Crippen LogP contribution < -0.4 is 10.5 Å². The average Bonchev–Trinajstić information content (AvgIpc) is 2.86. The third kappa shape index (κ3) is 3.64. The zero-order valence-electron chi connectivity index (χ0n) is 14.1. The van der Waals surface area contributed by atoms with Gasteiger partial charge in [0.05, 0.1) is 6.54 Å². The van der Waals surface area contributed by atoms with E-state index in [2.05, 4.69) is 46.2 Å². The molecule has 2 unspecified atom stereocenters. The quantitative estimate of drug-likeness (QED) is 0.911. The molecule has 23 heavy (non-hydrogen) atoms. The second kappa shape index (κ2) is 6.58. The van der Waals surface area contributed by atoms with Crippen molar-refractivity contribution in [3.8, 4) is 5.75 Å². The number of hydrogen-bond donors (Lipinski definition) is 1. The Morgan fingerprint density at radius 2 is 2.04 bits per heavy atom. The van der Waals surface area contributed by atoms with E-state index in [1.807, 2.05) is 18.8 Å². The van der Waals surface area contributed by atoms with Gasteiger partial charge in [-0.05, 0) is 37.7 Å². The molecule has 0 saturated heterocycles. The largest absolute Gasteiger partial charge is 0.492 e. The summed E-state index contributed by atoms with van der Waals surface area (Å²) in [6.45, 7) is 4.72. The standard InChI is InChI=1S/C17H25N5O/c1-12-10-16-19-17(18)20-22(16)11-15(12)13-4-6-14(7-5-13)23-9-8-21(2)3/h4-7,12,15H,8-11H2,1-3H3,(H2,18,20). The van der Waals surface area contributed by atoms with E-state index < -0.39 is 0 Å². The van der Waals surface area contributed by atoms with Crippen LogP contribution in [0.25, 0.3) is 0 Å². The molecule has 3 rings (SSSR count).